The van der Waals surface area contributed by atoms with Crippen LogP contribution in [0.1, 0.15) is 18.1 Å². The quantitative estimate of drug-likeness (QED) is 0.820. The average molecular weight is 301 g/mol. The highest BCUT2D eigenvalue weighted by molar-refractivity contribution is 9.10. The molecule has 90 valence electrons. The Morgan fingerprint density at radius 1 is 1.38 bits per heavy atom. The molecular formula is C10H9BrF4O. The lowest BCUT2D eigenvalue weighted by Crippen LogP contribution is -2.12. The van der Waals surface area contributed by atoms with E-state index in [1.807, 2.05) is 0 Å². The fraction of sp³-hybridized carbons (Fsp3) is 0.400. The highest BCUT2D eigenvalue weighted by atomic mass is 79.9. The Labute approximate surface area is 98.2 Å². The molecule has 0 aliphatic heterocycles. The molecule has 0 atom stereocenters. The predicted octanol–water partition coefficient (Wildman–Crippen LogP) is 3.96. The van der Waals surface area contributed by atoms with Crippen molar-refractivity contribution in [2.24, 2.45) is 0 Å². The lowest BCUT2D eigenvalue weighted by Gasteiger charge is -2.12. The Bertz CT molecular complexity index is 401. The van der Waals surface area contributed by atoms with E-state index >= 15 is 0 Å². The van der Waals surface area contributed by atoms with Crippen LogP contribution in [0.5, 0.6) is 5.75 Å². The first-order chi connectivity index (χ1) is 7.26. The molecule has 1 aromatic rings. The molecule has 0 unspecified atom stereocenters. The van der Waals surface area contributed by atoms with Crippen molar-refractivity contribution in [2.45, 2.75) is 25.9 Å². The number of alkyl halides is 3. The first kappa shape index (κ1) is 13.3. The van der Waals surface area contributed by atoms with Crippen LogP contribution in [0.15, 0.2) is 10.5 Å². The average Bonchev–Trinajstić information content (AvgIpc) is 2.12. The normalized spacial score (nSPS) is 11.9. The van der Waals surface area contributed by atoms with E-state index in [0.29, 0.717) is 0 Å². The third kappa shape index (κ3) is 2.87. The van der Waals surface area contributed by atoms with E-state index in [0.717, 1.165) is 6.07 Å². The van der Waals surface area contributed by atoms with Crippen molar-refractivity contribution < 1.29 is 22.7 Å². The molecule has 6 heteroatoms. The molecular weight excluding hydrogens is 292 g/mol. The molecule has 0 saturated heterocycles. The summed E-state index contributed by atoms with van der Waals surface area (Å²) >= 11 is 2.98. The molecule has 1 rings (SSSR count). The van der Waals surface area contributed by atoms with Gasteiger partial charge in [0, 0.05) is 15.6 Å². The molecule has 0 radical (unpaired) electrons. The summed E-state index contributed by atoms with van der Waals surface area (Å²) in [5.74, 6) is -1.91. The summed E-state index contributed by atoms with van der Waals surface area (Å²) < 4.78 is 50.0. The van der Waals surface area contributed by atoms with Gasteiger partial charge >= 0.3 is 6.18 Å². The molecule has 0 fully saturated rings. The zero-order valence-electron chi connectivity index (χ0n) is 8.33. The van der Waals surface area contributed by atoms with Gasteiger partial charge in [-0.05, 0) is 12.5 Å². The Morgan fingerprint density at radius 3 is 2.38 bits per heavy atom. The van der Waals surface area contributed by atoms with Crippen molar-refractivity contribution in [3.05, 3.63) is 27.5 Å². The van der Waals surface area contributed by atoms with Crippen LogP contribution in [-0.4, -0.2) is 11.3 Å². The van der Waals surface area contributed by atoms with Crippen LogP contribution in [0.25, 0.3) is 0 Å². The summed E-state index contributed by atoms with van der Waals surface area (Å²) in [4.78, 5) is 0. The van der Waals surface area contributed by atoms with Gasteiger partial charge in [-0.1, -0.05) is 22.9 Å². The molecule has 1 aromatic carbocycles. The molecule has 1 nitrogen and oxygen atoms in total. The second kappa shape index (κ2) is 4.61. The molecule has 0 bridgehead atoms. The largest absolute Gasteiger partial charge is 0.505 e. The smallest absolute Gasteiger partial charge is 0.393 e. The monoisotopic (exact) mass is 300 g/mol. The summed E-state index contributed by atoms with van der Waals surface area (Å²) in [5.41, 5.74) is -0.294. The summed E-state index contributed by atoms with van der Waals surface area (Å²) in [6, 6.07) is 1.10. The van der Waals surface area contributed by atoms with Gasteiger partial charge in [0.05, 0.1) is 6.42 Å². The Kier molecular flexibility index (Phi) is 3.83. The zero-order chi connectivity index (χ0) is 12.5. The van der Waals surface area contributed by atoms with E-state index in [2.05, 4.69) is 15.9 Å². The van der Waals surface area contributed by atoms with E-state index in [1.165, 1.54) is 0 Å². The van der Waals surface area contributed by atoms with Gasteiger partial charge in [0.1, 0.15) is 0 Å². The number of phenolic OH excluding ortho intramolecular Hbond substituents is 1. The standard InChI is InChI=1S/C10H9BrF4O/c1-2-6-7(11)3-5(4-10(13,14)15)9(16)8(6)12/h3,16H,2,4H2,1H3. The van der Waals surface area contributed by atoms with Crippen molar-refractivity contribution in [3.8, 4) is 5.75 Å². The Hall–Kier alpha value is -0.780. The lowest BCUT2D eigenvalue weighted by atomic mass is 10.0. The number of halogens is 5. The molecule has 0 aliphatic carbocycles. The summed E-state index contributed by atoms with van der Waals surface area (Å²) in [6.45, 7) is 1.64. The second-order valence-corrected chi connectivity index (χ2v) is 4.16. The van der Waals surface area contributed by atoms with Crippen LogP contribution in [0, 0.1) is 5.82 Å². The molecule has 0 spiro atoms. The van der Waals surface area contributed by atoms with Gasteiger partial charge in [0.2, 0.25) is 0 Å². The molecule has 16 heavy (non-hydrogen) atoms. The van der Waals surface area contributed by atoms with Crippen LogP contribution >= 0.6 is 15.9 Å². The number of phenols is 1. The lowest BCUT2D eigenvalue weighted by molar-refractivity contribution is -0.127. The summed E-state index contributed by atoms with van der Waals surface area (Å²) in [5, 5.41) is 9.30. The maximum atomic E-state index is 13.5. The summed E-state index contributed by atoms with van der Waals surface area (Å²) in [6.07, 6.45) is -5.54. The SMILES string of the molecule is CCc1c(Br)cc(CC(F)(F)F)c(O)c1F. The van der Waals surface area contributed by atoms with Gasteiger partial charge in [-0.15, -0.1) is 0 Å². The minimum absolute atomic E-state index is 0.170. The van der Waals surface area contributed by atoms with Gasteiger partial charge in [0.25, 0.3) is 0 Å². The topological polar surface area (TPSA) is 20.2 Å². The maximum Gasteiger partial charge on any atom is 0.393 e. The first-order valence-electron chi connectivity index (χ1n) is 4.51. The highest BCUT2D eigenvalue weighted by Crippen LogP contribution is 2.34. The summed E-state index contributed by atoms with van der Waals surface area (Å²) in [7, 11) is 0. The maximum absolute atomic E-state index is 13.5. The van der Waals surface area contributed by atoms with E-state index in [-0.39, 0.29) is 16.5 Å². The van der Waals surface area contributed by atoms with Crippen LogP contribution in [-0.2, 0) is 12.8 Å². The van der Waals surface area contributed by atoms with E-state index in [4.69, 9.17) is 0 Å². The Morgan fingerprint density at radius 2 is 1.94 bits per heavy atom. The van der Waals surface area contributed by atoms with Crippen molar-refractivity contribution in [1.82, 2.24) is 0 Å². The molecule has 0 amide bonds. The van der Waals surface area contributed by atoms with Crippen LogP contribution in [0.2, 0.25) is 0 Å². The molecule has 1 N–H and O–H groups in total. The minimum Gasteiger partial charge on any atom is -0.505 e. The van der Waals surface area contributed by atoms with E-state index in [1.54, 1.807) is 6.92 Å². The van der Waals surface area contributed by atoms with Crippen LogP contribution in [0.4, 0.5) is 17.6 Å². The zero-order valence-corrected chi connectivity index (χ0v) is 9.91. The number of hydrogen-bond donors (Lipinski definition) is 1. The van der Waals surface area contributed by atoms with Crippen molar-refractivity contribution in [1.29, 1.82) is 0 Å². The van der Waals surface area contributed by atoms with Gasteiger partial charge in [-0.25, -0.2) is 4.39 Å². The second-order valence-electron chi connectivity index (χ2n) is 3.30. The van der Waals surface area contributed by atoms with E-state index < -0.39 is 29.7 Å². The van der Waals surface area contributed by atoms with Crippen LogP contribution in [0.3, 0.4) is 0 Å². The number of aromatic hydroxyl groups is 1. The fourth-order valence-electron chi connectivity index (χ4n) is 1.37. The fourth-order valence-corrected chi connectivity index (χ4v) is 2.10. The number of rotatable bonds is 2. The van der Waals surface area contributed by atoms with Gasteiger partial charge < -0.3 is 5.11 Å². The van der Waals surface area contributed by atoms with Crippen molar-refractivity contribution in [3.63, 3.8) is 0 Å². The van der Waals surface area contributed by atoms with Gasteiger partial charge in [-0.3, -0.25) is 0 Å². The van der Waals surface area contributed by atoms with Gasteiger partial charge in [-0.2, -0.15) is 13.2 Å². The molecule has 0 heterocycles. The first-order valence-corrected chi connectivity index (χ1v) is 5.31. The molecule has 0 saturated carbocycles. The van der Waals surface area contributed by atoms with Gasteiger partial charge in [0.15, 0.2) is 11.6 Å². The van der Waals surface area contributed by atoms with Crippen LogP contribution < -0.4 is 0 Å². The molecule has 0 aliphatic rings. The predicted molar refractivity (Wildman–Crippen MR) is 54.9 cm³/mol. The number of benzene rings is 1. The minimum atomic E-state index is -4.48. The Balaban J connectivity index is 3.23. The number of hydrogen-bond acceptors (Lipinski definition) is 1. The third-order valence-electron chi connectivity index (χ3n) is 2.11. The van der Waals surface area contributed by atoms with E-state index in [9.17, 15) is 22.7 Å². The van der Waals surface area contributed by atoms with Crippen molar-refractivity contribution in [2.75, 3.05) is 0 Å². The third-order valence-corrected chi connectivity index (χ3v) is 2.82. The highest BCUT2D eigenvalue weighted by Gasteiger charge is 2.30. The molecule has 0 aromatic heterocycles. The van der Waals surface area contributed by atoms with Crippen molar-refractivity contribution >= 4 is 15.9 Å².